The molecule has 0 aliphatic heterocycles. The minimum Gasteiger partial charge on any atom is -0.508 e. The lowest BCUT2D eigenvalue weighted by atomic mass is 9.98. The molecule has 6 heteroatoms. The number of nitrogens with two attached hydrogens (primary N) is 1. The van der Waals surface area contributed by atoms with Crippen LogP contribution in [0.1, 0.15) is 25.0 Å². The van der Waals surface area contributed by atoms with Crippen LogP contribution >= 0.6 is 0 Å². The number of primary amides is 1. The molecule has 134 valence electrons. The predicted molar refractivity (Wildman–Crippen MR) is 94.6 cm³/mol. The Balaban J connectivity index is 3.04. The van der Waals surface area contributed by atoms with Crippen LogP contribution in [0.15, 0.2) is 18.2 Å². The average molecular weight is 335 g/mol. The number of nitrogens with zero attached hydrogens (tertiary/aromatic N) is 2. The Kier molecular flexibility index (Phi) is 6.78. The number of benzene rings is 1. The Hall–Kier alpha value is -2.08. The molecule has 0 radical (unpaired) electrons. The van der Waals surface area contributed by atoms with Gasteiger partial charge >= 0.3 is 0 Å². The van der Waals surface area contributed by atoms with Crippen LogP contribution in [0.4, 0.5) is 0 Å². The maximum atomic E-state index is 12.8. The van der Waals surface area contributed by atoms with Crippen molar-refractivity contribution < 1.29 is 14.7 Å². The third kappa shape index (κ3) is 4.71. The number of amides is 2. The molecule has 0 heterocycles. The van der Waals surface area contributed by atoms with Crippen molar-refractivity contribution in [2.45, 2.75) is 39.3 Å². The summed E-state index contributed by atoms with van der Waals surface area (Å²) in [5, 5.41) is 9.62. The Morgan fingerprint density at radius 1 is 1.21 bits per heavy atom. The van der Waals surface area contributed by atoms with E-state index in [-0.39, 0.29) is 23.6 Å². The molecule has 1 aromatic rings. The molecule has 2 atom stereocenters. The summed E-state index contributed by atoms with van der Waals surface area (Å²) < 4.78 is 0. The van der Waals surface area contributed by atoms with Gasteiger partial charge in [0.25, 0.3) is 0 Å². The molecule has 1 aromatic carbocycles. The first-order valence-corrected chi connectivity index (χ1v) is 8.07. The Morgan fingerprint density at radius 3 is 2.21 bits per heavy atom. The third-order valence-corrected chi connectivity index (χ3v) is 4.27. The quantitative estimate of drug-likeness (QED) is 0.782. The topological polar surface area (TPSA) is 86.9 Å². The van der Waals surface area contributed by atoms with Gasteiger partial charge in [-0.15, -0.1) is 0 Å². The summed E-state index contributed by atoms with van der Waals surface area (Å²) in [5.41, 5.74) is 7.12. The minimum atomic E-state index is -0.734. The SMILES string of the molecule is Cc1cc(C[C@@H](C(N)=O)N(C)C(=O)[C@H](C(C)C)N(C)C)ccc1O. The van der Waals surface area contributed by atoms with Gasteiger partial charge in [0.05, 0.1) is 6.04 Å². The summed E-state index contributed by atoms with van der Waals surface area (Å²) in [7, 11) is 5.31. The predicted octanol–water partition coefficient (Wildman–Crippen LogP) is 1.14. The molecule has 3 N–H and O–H groups in total. The zero-order chi connectivity index (χ0) is 18.6. The largest absolute Gasteiger partial charge is 0.508 e. The molecule has 2 amide bonds. The molecule has 0 bridgehead atoms. The zero-order valence-electron chi connectivity index (χ0n) is 15.4. The molecule has 0 fully saturated rings. The first kappa shape index (κ1) is 20.0. The van der Waals surface area contributed by atoms with Gasteiger partial charge < -0.3 is 15.7 Å². The maximum absolute atomic E-state index is 12.8. The van der Waals surface area contributed by atoms with Gasteiger partial charge in [-0.05, 0) is 44.1 Å². The van der Waals surface area contributed by atoms with Crippen LogP contribution in [0.3, 0.4) is 0 Å². The van der Waals surface area contributed by atoms with Gasteiger partial charge in [0.15, 0.2) is 0 Å². The number of likely N-dealkylation sites (N-methyl/N-ethyl adjacent to an activating group) is 2. The fraction of sp³-hybridized carbons (Fsp3) is 0.556. The van der Waals surface area contributed by atoms with Crippen LogP contribution in [-0.4, -0.2) is 59.9 Å². The molecule has 0 aliphatic carbocycles. The van der Waals surface area contributed by atoms with Gasteiger partial charge in [-0.2, -0.15) is 0 Å². The molecule has 6 nitrogen and oxygen atoms in total. The van der Waals surface area contributed by atoms with Crippen molar-refractivity contribution in [2.24, 2.45) is 11.7 Å². The first-order valence-electron chi connectivity index (χ1n) is 8.07. The highest BCUT2D eigenvalue weighted by Crippen LogP contribution is 2.20. The number of hydrogen-bond donors (Lipinski definition) is 2. The molecule has 0 aliphatic rings. The van der Waals surface area contributed by atoms with E-state index in [0.717, 1.165) is 11.1 Å². The third-order valence-electron chi connectivity index (χ3n) is 4.27. The second kappa shape index (κ2) is 8.15. The molecular weight excluding hydrogens is 306 g/mol. The highest BCUT2D eigenvalue weighted by atomic mass is 16.3. The van der Waals surface area contributed by atoms with Crippen LogP contribution in [0.25, 0.3) is 0 Å². The van der Waals surface area contributed by atoms with Gasteiger partial charge in [-0.1, -0.05) is 26.0 Å². The molecule has 0 unspecified atom stereocenters. The van der Waals surface area contributed by atoms with E-state index in [4.69, 9.17) is 5.73 Å². The van der Waals surface area contributed by atoms with E-state index >= 15 is 0 Å². The second-order valence-corrected chi connectivity index (χ2v) is 6.84. The summed E-state index contributed by atoms with van der Waals surface area (Å²) in [5.74, 6) is -0.363. The lowest BCUT2D eigenvalue weighted by Crippen LogP contribution is -2.54. The van der Waals surface area contributed by atoms with Crippen molar-refractivity contribution in [3.63, 3.8) is 0 Å². The smallest absolute Gasteiger partial charge is 0.240 e. The number of phenols is 1. The van der Waals surface area contributed by atoms with Gasteiger partial charge in [0.2, 0.25) is 11.8 Å². The van der Waals surface area contributed by atoms with Crippen molar-refractivity contribution in [3.8, 4) is 5.75 Å². The molecular formula is C18H29N3O3. The Labute approximate surface area is 144 Å². The van der Waals surface area contributed by atoms with E-state index in [1.54, 1.807) is 32.2 Å². The van der Waals surface area contributed by atoms with Crippen molar-refractivity contribution >= 4 is 11.8 Å². The van der Waals surface area contributed by atoms with Crippen LogP contribution in [-0.2, 0) is 16.0 Å². The number of rotatable bonds is 7. The molecule has 1 rings (SSSR count). The van der Waals surface area contributed by atoms with Crippen molar-refractivity contribution in [2.75, 3.05) is 21.1 Å². The normalized spacial score (nSPS) is 13.8. The molecule has 0 saturated heterocycles. The summed E-state index contributed by atoms with van der Waals surface area (Å²) >= 11 is 0. The average Bonchev–Trinajstić information content (AvgIpc) is 2.46. The van der Waals surface area contributed by atoms with E-state index in [0.29, 0.717) is 6.42 Å². The van der Waals surface area contributed by atoms with Crippen LogP contribution in [0.2, 0.25) is 0 Å². The second-order valence-electron chi connectivity index (χ2n) is 6.84. The number of aryl methyl sites for hydroxylation is 1. The summed E-state index contributed by atoms with van der Waals surface area (Å²) in [6.45, 7) is 5.73. The molecule has 0 saturated carbocycles. The molecule has 24 heavy (non-hydrogen) atoms. The minimum absolute atomic E-state index is 0.111. The number of phenolic OH excluding ortho intramolecular Hbond substituents is 1. The summed E-state index contributed by atoms with van der Waals surface area (Å²) in [4.78, 5) is 28.0. The van der Waals surface area contributed by atoms with Crippen molar-refractivity contribution in [1.82, 2.24) is 9.80 Å². The molecule has 0 spiro atoms. The van der Waals surface area contributed by atoms with Gasteiger partial charge in [0.1, 0.15) is 11.8 Å². The maximum Gasteiger partial charge on any atom is 0.240 e. The van der Waals surface area contributed by atoms with E-state index < -0.39 is 11.9 Å². The number of carbonyl (C=O) groups excluding carboxylic acids is 2. The number of aromatic hydroxyl groups is 1. The van der Waals surface area contributed by atoms with Crippen LogP contribution < -0.4 is 5.73 Å². The fourth-order valence-electron chi connectivity index (χ4n) is 2.96. The van der Waals surface area contributed by atoms with Gasteiger partial charge in [-0.25, -0.2) is 0 Å². The summed E-state index contributed by atoms with van der Waals surface area (Å²) in [6, 6.07) is 4.07. The highest BCUT2D eigenvalue weighted by molar-refractivity contribution is 5.89. The van der Waals surface area contributed by atoms with E-state index in [2.05, 4.69) is 0 Å². The van der Waals surface area contributed by atoms with Gasteiger partial charge in [-0.3, -0.25) is 14.5 Å². The van der Waals surface area contributed by atoms with Crippen LogP contribution in [0.5, 0.6) is 5.75 Å². The monoisotopic (exact) mass is 335 g/mol. The standard InChI is InChI=1S/C18H29N3O3/c1-11(2)16(20(4)5)18(24)21(6)14(17(19)23)10-13-7-8-15(22)12(3)9-13/h7-9,11,14,16,22H,10H2,1-6H3,(H2,19,23)/t14-,16-/m0/s1. The van der Waals surface area contributed by atoms with E-state index in [9.17, 15) is 14.7 Å². The first-order chi connectivity index (χ1) is 11.1. The number of hydrogen-bond acceptors (Lipinski definition) is 4. The lowest BCUT2D eigenvalue weighted by molar-refractivity contribution is -0.142. The van der Waals surface area contributed by atoms with Crippen molar-refractivity contribution in [1.29, 1.82) is 0 Å². The van der Waals surface area contributed by atoms with Crippen LogP contribution in [0, 0.1) is 12.8 Å². The Morgan fingerprint density at radius 2 is 1.79 bits per heavy atom. The highest BCUT2D eigenvalue weighted by Gasteiger charge is 2.33. The van der Waals surface area contributed by atoms with Crippen molar-refractivity contribution in [3.05, 3.63) is 29.3 Å². The van der Waals surface area contributed by atoms with E-state index in [1.807, 2.05) is 32.8 Å². The zero-order valence-corrected chi connectivity index (χ0v) is 15.4. The lowest BCUT2D eigenvalue weighted by Gasteiger charge is -2.34. The fourth-order valence-corrected chi connectivity index (χ4v) is 2.96. The number of carbonyl (C=O) groups is 2. The molecule has 0 aromatic heterocycles. The summed E-state index contributed by atoms with van der Waals surface area (Å²) in [6.07, 6.45) is 0.316. The van der Waals surface area contributed by atoms with Gasteiger partial charge in [0, 0.05) is 13.5 Å². The Bertz CT molecular complexity index is 591. The van der Waals surface area contributed by atoms with E-state index in [1.165, 1.54) is 4.90 Å².